The highest BCUT2D eigenvalue weighted by molar-refractivity contribution is 6.33. The van der Waals surface area contributed by atoms with E-state index in [4.69, 9.17) is 16.7 Å². The second-order valence-electron chi connectivity index (χ2n) is 6.63. The van der Waals surface area contributed by atoms with Gasteiger partial charge in [0.1, 0.15) is 0 Å². The third-order valence-corrected chi connectivity index (χ3v) is 4.57. The average molecular weight is 296 g/mol. The van der Waals surface area contributed by atoms with Gasteiger partial charge in [-0.25, -0.2) is 4.79 Å². The van der Waals surface area contributed by atoms with Crippen LogP contribution < -0.4 is 5.32 Å². The molecule has 20 heavy (non-hydrogen) atoms. The largest absolute Gasteiger partial charge is 0.478 e. The average Bonchev–Trinajstić information content (AvgIpc) is 2.34. The summed E-state index contributed by atoms with van der Waals surface area (Å²) in [7, 11) is 0. The van der Waals surface area contributed by atoms with E-state index in [0.717, 1.165) is 12.1 Å². The van der Waals surface area contributed by atoms with Gasteiger partial charge in [0.05, 0.1) is 10.6 Å². The van der Waals surface area contributed by atoms with Gasteiger partial charge >= 0.3 is 5.97 Å². The minimum absolute atomic E-state index is 0.153. The third-order valence-electron chi connectivity index (χ3n) is 4.24. The summed E-state index contributed by atoms with van der Waals surface area (Å²) in [5.74, 6) is -0.417. The first-order valence-corrected chi connectivity index (χ1v) is 7.46. The van der Waals surface area contributed by atoms with Crippen LogP contribution >= 0.6 is 11.6 Å². The Labute approximate surface area is 125 Å². The molecule has 0 aliphatic heterocycles. The molecule has 2 rings (SSSR count). The number of aromatic carboxylic acids is 1. The van der Waals surface area contributed by atoms with Crippen molar-refractivity contribution in [1.29, 1.82) is 0 Å². The number of carbonyl (C=O) groups is 1. The van der Waals surface area contributed by atoms with Crippen molar-refractivity contribution >= 4 is 23.3 Å². The van der Waals surface area contributed by atoms with Gasteiger partial charge in [-0.05, 0) is 48.8 Å². The summed E-state index contributed by atoms with van der Waals surface area (Å²) in [5.41, 5.74) is 1.40. The van der Waals surface area contributed by atoms with Crippen LogP contribution in [0.2, 0.25) is 5.02 Å². The molecule has 1 fully saturated rings. The molecule has 1 aromatic rings. The van der Waals surface area contributed by atoms with E-state index in [2.05, 4.69) is 26.1 Å². The quantitative estimate of drug-likeness (QED) is 0.852. The minimum atomic E-state index is -0.989. The zero-order valence-electron chi connectivity index (χ0n) is 12.2. The normalized spacial score (nSPS) is 25.2. The highest BCUT2D eigenvalue weighted by atomic mass is 35.5. The van der Waals surface area contributed by atoms with Crippen molar-refractivity contribution in [2.75, 3.05) is 5.32 Å². The van der Waals surface area contributed by atoms with Crippen molar-refractivity contribution in [3.05, 3.63) is 28.8 Å². The topological polar surface area (TPSA) is 49.3 Å². The molecule has 0 bridgehead atoms. The molecule has 0 amide bonds. The fraction of sp³-hybridized carbons (Fsp3) is 0.562. The first-order valence-electron chi connectivity index (χ1n) is 7.08. The number of anilines is 1. The summed E-state index contributed by atoms with van der Waals surface area (Å²) in [4.78, 5) is 11.1. The van der Waals surface area contributed by atoms with Gasteiger partial charge in [0.2, 0.25) is 0 Å². The van der Waals surface area contributed by atoms with Crippen LogP contribution in [0.1, 0.15) is 50.4 Å². The highest BCUT2D eigenvalue weighted by Gasteiger charge is 2.32. The lowest BCUT2D eigenvalue weighted by atomic mass is 9.70. The van der Waals surface area contributed by atoms with E-state index < -0.39 is 5.97 Å². The molecule has 1 saturated carbocycles. The van der Waals surface area contributed by atoms with Crippen molar-refractivity contribution in [2.24, 2.45) is 11.3 Å². The van der Waals surface area contributed by atoms with Crippen molar-refractivity contribution in [2.45, 2.75) is 46.1 Å². The smallest absolute Gasteiger partial charge is 0.337 e. The predicted molar refractivity (Wildman–Crippen MR) is 82.6 cm³/mol. The molecule has 110 valence electrons. The van der Waals surface area contributed by atoms with E-state index in [-0.39, 0.29) is 10.6 Å². The Morgan fingerprint density at radius 3 is 2.75 bits per heavy atom. The predicted octanol–water partition coefficient (Wildman–Crippen LogP) is 4.66. The van der Waals surface area contributed by atoms with Crippen LogP contribution in [0.15, 0.2) is 18.2 Å². The van der Waals surface area contributed by atoms with E-state index in [9.17, 15) is 4.79 Å². The van der Waals surface area contributed by atoms with Gasteiger partial charge in [0.15, 0.2) is 0 Å². The Hall–Kier alpha value is -1.22. The first kappa shape index (κ1) is 15.2. The number of nitrogens with one attached hydrogen (secondary N) is 1. The number of halogens is 1. The summed E-state index contributed by atoms with van der Waals surface area (Å²) in [6, 6.07) is 5.51. The molecule has 0 spiro atoms. The number of hydrogen-bond donors (Lipinski definition) is 2. The fourth-order valence-electron chi connectivity index (χ4n) is 3.15. The molecule has 1 aromatic carbocycles. The van der Waals surface area contributed by atoms with Crippen LogP contribution in [0.4, 0.5) is 5.69 Å². The number of rotatable bonds is 3. The zero-order chi connectivity index (χ0) is 14.9. The van der Waals surface area contributed by atoms with Crippen LogP contribution in [-0.4, -0.2) is 17.1 Å². The van der Waals surface area contributed by atoms with Crippen molar-refractivity contribution in [1.82, 2.24) is 0 Å². The molecule has 2 N–H and O–H groups in total. The number of hydrogen-bond acceptors (Lipinski definition) is 2. The summed E-state index contributed by atoms with van der Waals surface area (Å²) < 4.78 is 0. The monoisotopic (exact) mass is 295 g/mol. The lowest BCUT2D eigenvalue weighted by Crippen LogP contribution is -2.36. The molecule has 2 unspecified atom stereocenters. The molecule has 4 heteroatoms. The lowest BCUT2D eigenvalue weighted by Gasteiger charge is -2.40. The zero-order valence-corrected chi connectivity index (χ0v) is 13.0. The SMILES string of the molecule is CC1CC(C)(C)CCC1Nc1ccc(Cl)c(C(=O)O)c1. The van der Waals surface area contributed by atoms with Crippen LogP contribution in [0, 0.1) is 11.3 Å². The van der Waals surface area contributed by atoms with Gasteiger partial charge in [-0.15, -0.1) is 0 Å². The molecular weight excluding hydrogens is 274 g/mol. The summed E-state index contributed by atoms with van der Waals surface area (Å²) in [6.07, 6.45) is 3.48. The Balaban J connectivity index is 2.11. The van der Waals surface area contributed by atoms with Crippen LogP contribution in [-0.2, 0) is 0 Å². The molecule has 1 aliphatic rings. The maximum Gasteiger partial charge on any atom is 0.337 e. The van der Waals surface area contributed by atoms with E-state index in [0.29, 0.717) is 17.4 Å². The number of carboxylic acids is 1. The molecule has 0 aromatic heterocycles. The standard InChI is InChI=1S/C16H22ClNO2/c1-10-9-16(2,3)7-6-14(10)18-11-4-5-13(17)12(8-11)15(19)20/h4-5,8,10,14,18H,6-7,9H2,1-3H3,(H,19,20). The van der Waals surface area contributed by atoms with Gasteiger partial charge in [0.25, 0.3) is 0 Å². The van der Waals surface area contributed by atoms with E-state index >= 15 is 0 Å². The third kappa shape index (κ3) is 3.45. The fourth-order valence-corrected chi connectivity index (χ4v) is 3.35. The molecule has 0 heterocycles. The van der Waals surface area contributed by atoms with E-state index in [1.54, 1.807) is 12.1 Å². The number of carboxylic acid groups (broad SMARTS) is 1. The lowest BCUT2D eigenvalue weighted by molar-refractivity contribution is 0.0697. The maximum absolute atomic E-state index is 11.1. The molecule has 3 nitrogen and oxygen atoms in total. The van der Waals surface area contributed by atoms with Gasteiger partial charge in [-0.2, -0.15) is 0 Å². The first-order chi connectivity index (χ1) is 9.28. The van der Waals surface area contributed by atoms with E-state index in [1.807, 2.05) is 6.07 Å². The molecule has 0 radical (unpaired) electrons. The maximum atomic E-state index is 11.1. The van der Waals surface area contributed by atoms with Gasteiger partial charge in [-0.3, -0.25) is 0 Å². The summed E-state index contributed by atoms with van der Waals surface area (Å²) in [5, 5.41) is 12.9. The summed E-state index contributed by atoms with van der Waals surface area (Å²) in [6.45, 7) is 6.88. The minimum Gasteiger partial charge on any atom is -0.478 e. The second kappa shape index (κ2) is 5.65. The Morgan fingerprint density at radius 1 is 1.45 bits per heavy atom. The molecular formula is C16H22ClNO2. The van der Waals surface area contributed by atoms with Crippen LogP contribution in [0.5, 0.6) is 0 Å². The molecule has 2 atom stereocenters. The van der Waals surface area contributed by atoms with E-state index in [1.165, 1.54) is 12.8 Å². The summed E-state index contributed by atoms with van der Waals surface area (Å²) >= 11 is 5.89. The van der Waals surface area contributed by atoms with Crippen molar-refractivity contribution < 1.29 is 9.90 Å². The Bertz CT molecular complexity index is 513. The highest BCUT2D eigenvalue weighted by Crippen LogP contribution is 2.39. The number of benzene rings is 1. The second-order valence-corrected chi connectivity index (χ2v) is 7.04. The van der Waals surface area contributed by atoms with Crippen LogP contribution in [0.3, 0.4) is 0 Å². The molecule has 1 aliphatic carbocycles. The van der Waals surface area contributed by atoms with Gasteiger partial charge in [-0.1, -0.05) is 32.4 Å². The van der Waals surface area contributed by atoms with Gasteiger partial charge in [0, 0.05) is 11.7 Å². The Morgan fingerprint density at radius 2 is 2.15 bits per heavy atom. The van der Waals surface area contributed by atoms with Crippen LogP contribution in [0.25, 0.3) is 0 Å². The Kier molecular flexibility index (Phi) is 4.28. The molecule has 0 saturated heterocycles. The van der Waals surface area contributed by atoms with Gasteiger partial charge < -0.3 is 10.4 Å². The van der Waals surface area contributed by atoms with Crippen molar-refractivity contribution in [3.63, 3.8) is 0 Å². The van der Waals surface area contributed by atoms with Crippen molar-refractivity contribution in [3.8, 4) is 0 Å².